The average Bonchev–Trinajstić information content (AvgIpc) is 2.82. The molecule has 1 saturated carbocycles. The lowest BCUT2D eigenvalue weighted by Crippen LogP contribution is -2.12. The van der Waals surface area contributed by atoms with Crippen molar-refractivity contribution in [2.75, 3.05) is 0 Å². The van der Waals surface area contributed by atoms with Crippen molar-refractivity contribution in [2.45, 2.75) is 18.9 Å². The van der Waals surface area contributed by atoms with Gasteiger partial charge in [0, 0.05) is 11.6 Å². The van der Waals surface area contributed by atoms with Crippen LogP contribution in [0.1, 0.15) is 30.0 Å². The van der Waals surface area contributed by atoms with Crippen molar-refractivity contribution in [3.8, 4) is 6.07 Å². The van der Waals surface area contributed by atoms with Crippen molar-refractivity contribution < 1.29 is 4.42 Å². The predicted molar refractivity (Wildman–Crippen MR) is 43.1 cm³/mol. The smallest absolute Gasteiger partial charge is 0.108 e. The Morgan fingerprint density at radius 3 is 2.92 bits per heavy atom. The number of rotatable bonds is 2. The monoisotopic (exact) mass is 162 g/mol. The summed E-state index contributed by atoms with van der Waals surface area (Å²) in [6.45, 7) is 0. The second kappa shape index (κ2) is 2.65. The van der Waals surface area contributed by atoms with Crippen LogP contribution in [0.15, 0.2) is 16.9 Å². The van der Waals surface area contributed by atoms with Crippen molar-refractivity contribution in [1.82, 2.24) is 0 Å². The minimum Gasteiger partial charge on any atom is -0.471 e. The third-order valence-electron chi connectivity index (χ3n) is 2.30. The Kier molecular flexibility index (Phi) is 1.63. The van der Waals surface area contributed by atoms with Crippen molar-refractivity contribution in [2.24, 2.45) is 11.7 Å². The van der Waals surface area contributed by atoms with Crippen molar-refractivity contribution in [3.05, 3.63) is 23.7 Å². The van der Waals surface area contributed by atoms with Gasteiger partial charge in [-0.15, -0.1) is 0 Å². The summed E-state index contributed by atoms with van der Waals surface area (Å²) in [6, 6.07) is 2.06. The van der Waals surface area contributed by atoms with Crippen LogP contribution in [0.25, 0.3) is 0 Å². The lowest BCUT2D eigenvalue weighted by Gasteiger charge is -2.06. The first-order valence-corrected chi connectivity index (χ1v) is 4.04. The van der Waals surface area contributed by atoms with Gasteiger partial charge >= 0.3 is 0 Å². The highest BCUT2D eigenvalue weighted by Crippen LogP contribution is 2.40. The Labute approximate surface area is 70.8 Å². The van der Waals surface area contributed by atoms with E-state index in [2.05, 4.69) is 6.07 Å². The third-order valence-corrected chi connectivity index (χ3v) is 2.30. The lowest BCUT2D eigenvalue weighted by atomic mass is 10.0. The Bertz CT molecular complexity index is 320. The van der Waals surface area contributed by atoms with Crippen molar-refractivity contribution >= 4 is 0 Å². The van der Waals surface area contributed by atoms with Crippen molar-refractivity contribution in [3.63, 3.8) is 0 Å². The standard InChI is InChI=1S/C9H10N2O/c10-3-7-4-12-5-8(7)9(11)6-1-2-6/h4-6,9H,1-2,11H2/t9-/m1/s1. The van der Waals surface area contributed by atoms with Gasteiger partial charge in [0.05, 0.1) is 11.8 Å². The van der Waals surface area contributed by atoms with E-state index in [1.807, 2.05) is 0 Å². The first kappa shape index (κ1) is 7.38. The van der Waals surface area contributed by atoms with E-state index in [-0.39, 0.29) is 6.04 Å². The molecule has 2 N–H and O–H groups in total. The molecule has 3 nitrogen and oxygen atoms in total. The molecule has 12 heavy (non-hydrogen) atoms. The maximum Gasteiger partial charge on any atom is 0.108 e. The van der Waals surface area contributed by atoms with Crippen LogP contribution in [0.5, 0.6) is 0 Å². The summed E-state index contributed by atoms with van der Waals surface area (Å²) in [5, 5.41) is 8.69. The molecule has 1 aromatic heterocycles. The van der Waals surface area contributed by atoms with Gasteiger partial charge in [0.15, 0.2) is 0 Å². The minimum atomic E-state index is -0.00148. The molecule has 1 atom stereocenters. The molecule has 0 unspecified atom stereocenters. The molecular formula is C9H10N2O. The highest BCUT2D eigenvalue weighted by Gasteiger charge is 2.31. The van der Waals surface area contributed by atoms with Gasteiger partial charge in [0.2, 0.25) is 0 Å². The van der Waals surface area contributed by atoms with E-state index in [4.69, 9.17) is 15.4 Å². The molecule has 1 fully saturated rings. The van der Waals surface area contributed by atoms with E-state index in [9.17, 15) is 0 Å². The number of hydrogen-bond acceptors (Lipinski definition) is 3. The number of nitriles is 1. The predicted octanol–water partition coefficient (Wildman–Crippen LogP) is 1.56. The zero-order valence-corrected chi connectivity index (χ0v) is 6.66. The van der Waals surface area contributed by atoms with Gasteiger partial charge in [-0.25, -0.2) is 0 Å². The fraction of sp³-hybridized carbons (Fsp3) is 0.444. The summed E-state index contributed by atoms with van der Waals surface area (Å²) in [5.41, 5.74) is 7.35. The zero-order valence-electron chi connectivity index (χ0n) is 6.66. The molecule has 0 saturated heterocycles. The van der Waals surface area contributed by atoms with E-state index < -0.39 is 0 Å². The largest absolute Gasteiger partial charge is 0.471 e. The van der Waals surface area contributed by atoms with Gasteiger partial charge in [0.25, 0.3) is 0 Å². The number of nitrogens with two attached hydrogens (primary N) is 1. The van der Waals surface area contributed by atoms with Crippen LogP contribution in [0, 0.1) is 17.2 Å². The first-order chi connectivity index (χ1) is 5.83. The number of nitrogens with zero attached hydrogens (tertiary/aromatic N) is 1. The summed E-state index contributed by atoms with van der Waals surface area (Å²) in [5.74, 6) is 0.565. The Balaban J connectivity index is 2.26. The summed E-state index contributed by atoms with van der Waals surface area (Å²) in [7, 11) is 0. The number of hydrogen-bond donors (Lipinski definition) is 1. The Morgan fingerprint density at radius 1 is 1.58 bits per heavy atom. The summed E-state index contributed by atoms with van der Waals surface area (Å²) >= 11 is 0. The second-order valence-electron chi connectivity index (χ2n) is 3.22. The Morgan fingerprint density at radius 2 is 2.33 bits per heavy atom. The molecule has 0 aromatic carbocycles. The minimum absolute atomic E-state index is 0.00148. The van der Waals surface area contributed by atoms with Crippen LogP contribution in [0.3, 0.4) is 0 Å². The van der Waals surface area contributed by atoms with Crippen LogP contribution in [-0.4, -0.2) is 0 Å². The van der Waals surface area contributed by atoms with E-state index >= 15 is 0 Å². The fourth-order valence-electron chi connectivity index (χ4n) is 1.37. The molecule has 0 spiro atoms. The third kappa shape index (κ3) is 1.10. The van der Waals surface area contributed by atoms with Gasteiger partial charge < -0.3 is 10.2 Å². The van der Waals surface area contributed by atoms with Crippen LogP contribution in [0.4, 0.5) is 0 Å². The van der Waals surface area contributed by atoms with Gasteiger partial charge in [0.1, 0.15) is 12.3 Å². The summed E-state index contributed by atoms with van der Waals surface area (Å²) < 4.78 is 4.93. The highest BCUT2D eigenvalue weighted by molar-refractivity contribution is 5.36. The second-order valence-corrected chi connectivity index (χ2v) is 3.22. The summed E-state index contributed by atoms with van der Waals surface area (Å²) in [6.07, 6.45) is 5.40. The van der Waals surface area contributed by atoms with E-state index in [0.29, 0.717) is 11.5 Å². The van der Waals surface area contributed by atoms with Crippen LogP contribution in [-0.2, 0) is 0 Å². The molecule has 0 amide bonds. The normalized spacial score (nSPS) is 18.7. The molecule has 1 aliphatic rings. The van der Waals surface area contributed by atoms with Crippen molar-refractivity contribution in [1.29, 1.82) is 5.26 Å². The number of furan rings is 1. The topological polar surface area (TPSA) is 63.0 Å². The molecule has 2 rings (SSSR count). The lowest BCUT2D eigenvalue weighted by molar-refractivity contribution is 0.551. The molecular weight excluding hydrogens is 152 g/mol. The molecule has 0 radical (unpaired) electrons. The fourth-order valence-corrected chi connectivity index (χ4v) is 1.37. The van der Waals surface area contributed by atoms with Gasteiger partial charge in [-0.2, -0.15) is 5.26 Å². The van der Waals surface area contributed by atoms with Gasteiger partial charge in [-0.05, 0) is 18.8 Å². The summed E-state index contributed by atoms with van der Waals surface area (Å²) in [4.78, 5) is 0. The molecule has 3 heteroatoms. The maximum atomic E-state index is 8.69. The maximum absolute atomic E-state index is 8.69. The molecule has 1 heterocycles. The molecule has 62 valence electrons. The molecule has 1 aromatic rings. The average molecular weight is 162 g/mol. The van der Waals surface area contributed by atoms with E-state index in [1.54, 1.807) is 6.26 Å². The molecule has 0 bridgehead atoms. The SMILES string of the molecule is N#Cc1cocc1[C@H](N)C1CC1. The van der Waals surface area contributed by atoms with Crippen LogP contribution >= 0.6 is 0 Å². The van der Waals surface area contributed by atoms with Gasteiger partial charge in [-0.1, -0.05) is 0 Å². The molecule has 0 aliphatic heterocycles. The van der Waals surface area contributed by atoms with Gasteiger partial charge in [-0.3, -0.25) is 0 Å². The quantitative estimate of drug-likeness (QED) is 0.717. The first-order valence-electron chi connectivity index (χ1n) is 4.04. The highest BCUT2D eigenvalue weighted by atomic mass is 16.3. The zero-order chi connectivity index (χ0) is 8.55. The van der Waals surface area contributed by atoms with E-state index in [0.717, 1.165) is 5.56 Å². The van der Waals surface area contributed by atoms with Crippen LogP contribution in [0.2, 0.25) is 0 Å². The van der Waals surface area contributed by atoms with Crippen LogP contribution < -0.4 is 5.73 Å². The Hall–Kier alpha value is -1.27. The van der Waals surface area contributed by atoms with E-state index in [1.165, 1.54) is 19.1 Å². The molecule has 1 aliphatic carbocycles.